The molecule has 0 saturated carbocycles. The van der Waals surface area contributed by atoms with Crippen LogP contribution in [0.4, 0.5) is 0 Å². The van der Waals surface area contributed by atoms with E-state index in [-0.39, 0.29) is 24.8 Å². The minimum absolute atomic E-state index is 0.221. The first-order valence-electron chi connectivity index (χ1n) is 10.6. The Hall–Kier alpha value is -1.39. The van der Waals surface area contributed by atoms with E-state index in [1.807, 2.05) is 0 Å². The maximum atomic E-state index is 12.3. The lowest BCUT2D eigenvalue weighted by Gasteiger charge is -2.21. The van der Waals surface area contributed by atoms with Crippen LogP contribution in [0.1, 0.15) is 104 Å². The average molecular weight is 368 g/mol. The van der Waals surface area contributed by atoms with Gasteiger partial charge in [0.1, 0.15) is 6.04 Å². The van der Waals surface area contributed by atoms with Gasteiger partial charge in [-0.15, -0.1) is 0 Å². The number of ether oxygens (including phenoxy) is 1. The summed E-state index contributed by atoms with van der Waals surface area (Å²) < 4.78 is 4.98. The van der Waals surface area contributed by atoms with Crippen LogP contribution in [0.15, 0.2) is 0 Å². The van der Waals surface area contributed by atoms with E-state index < -0.39 is 12.0 Å². The molecule has 1 atom stereocenters. The smallest absolute Gasteiger partial charge is 0.329 e. The van der Waals surface area contributed by atoms with Crippen molar-refractivity contribution in [1.82, 2.24) is 4.90 Å². The number of unbranched alkanes of at least 4 members (excludes halogenated alkanes) is 10. The molecule has 0 spiro atoms. The summed E-state index contributed by atoms with van der Waals surface area (Å²) in [5.41, 5.74) is 0. The molecule has 0 radical (unpaired) electrons. The minimum atomic E-state index is -0.706. The average Bonchev–Trinajstić information content (AvgIpc) is 3.01. The molecule has 0 aromatic heterocycles. The van der Waals surface area contributed by atoms with Gasteiger partial charge in [0.05, 0.1) is 6.61 Å². The number of nitrogens with zero attached hydrogens (tertiary/aromatic N) is 1. The van der Waals surface area contributed by atoms with Crippen molar-refractivity contribution in [1.29, 1.82) is 0 Å². The predicted molar refractivity (Wildman–Crippen MR) is 103 cm³/mol. The summed E-state index contributed by atoms with van der Waals surface area (Å²) in [5, 5.41) is 0. The normalized spacial score (nSPS) is 16.9. The van der Waals surface area contributed by atoms with Gasteiger partial charge in [-0.25, -0.2) is 4.79 Å². The van der Waals surface area contributed by atoms with Crippen molar-refractivity contribution in [2.24, 2.45) is 0 Å². The van der Waals surface area contributed by atoms with E-state index in [1.54, 1.807) is 6.92 Å². The summed E-state index contributed by atoms with van der Waals surface area (Å²) in [6, 6.07) is -0.706. The number of carbonyl (C=O) groups is 3. The highest BCUT2D eigenvalue weighted by Crippen LogP contribution is 2.22. The summed E-state index contributed by atoms with van der Waals surface area (Å²) in [7, 11) is 0. The third-order valence-corrected chi connectivity index (χ3v) is 5.03. The zero-order valence-corrected chi connectivity index (χ0v) is 16.8. The molecule has 2 amide bonds. The molecule has 5 heteroatoms. The fraction of sp³-hybridized carbons (Fsp3) is 0.857. The summed E-state index contributed by atoms with van der Waals surface area (Å²) in [5.74, 6) is -0.914. The number of likely N-dealkylation sites (tertiary alicyclic amines) is 1. The molecule has 1 aliphatic rings. The van der Waals surface area contributed by atoms with Crippen LogP contribution in [-0.4, -0.2) is 35.3 Å². The van der Waals surface area contributed by atoms with Crippen LogP contribution < -0.4 is 0 Å². The fourth-order valence-corrected chi connectivity index (χ4v) is 3.52. The maximum Gasteiger partial charge on any atom is 0.329 e. The van der Waals surface area contributed by atoms with Gasteiger partial charge in [-0.2, -0.15) is 0 Å². The lowest BCUT2D eigenvalue weighted by molar-refractivity contribution is -0.157. The number of hydrogen-bond donors (Lipinski definition) is 0. The summed E-state index contributed by atoms with van der Waals surface area (Å²) >= 11 is 0. The Morgan fingerprint density at radius 3 is 2.00 bits per heavy atom. The number of imide groups is 1. The second-order valence-corrected chi connectivity index (χ2v) is 7.25. The molecule has 0 aliphatic carbocycles. The topological polar surface area (TPSA) is 63.7 Å². The van der Waals surface area contributed by atoms with Crippen LogP contribution in [0, 0.1) is 0 Å². The summed E-state index contributed by atoms with van der Waals surface area (Å²) in [4.78, 5) is 37.3. The van der Waals surface area contributed by atoms with E-state index in [0.717, 1.165) is 24.2 Å². The number of carbonyl (C=O) groups excluding carboxylic acids is 3. The molecule has 0 aromatic carbocycles. The van der Waals surface area contributed by atoms with Gasteiger partial charge in [-0.05, 0) is 19.8 Å². The highest BCUT2D eigenvalue weighted by molar-refractivity contribution is 6.01. The molecule has 26 heavy (non-hydrogen) atoms. The number of esters is 1. The van der Waals surface area contributed by atoms with Crippen LogP contribution in [0.5, 0.6) is 0 Å². The first-order chi connectivity index (χ1) is 12.6. The monoisotopic (exact) mass is 367 g/mol. The van der Waals surface area contributed by atoms with Crippen molar-refractivity contribution in [3.05, 3.63) is 0 Å². The van der Waals surface area contributed by atoms with Gasteiger partial charge in [-0.3, -0.25) is 14.5 Å². The first kappa shape index (κ1) is 22.7. The van der Waals surface area contributed by atoms with Gasteiger partial charge >= 0.3 is 5.97 Å². The molecule has 0 bridgehead atoms. The number of rotatable bonds is 14. The van der Waals surface area contributed by atoms with Crippen molar-refractivity contribution in [3.63, 3.8) is 0 Å². The van der Waals surface area contributed by atoms with Crippen LogP contribution in [0.2, 0.25) is 0 Å². The van der Waals surface area contributed by atoms with Crippen LogP contribution in [0.3, 0.4) is 0 Å². The second-order valence-electron chi connectivity index (χ2n) is 7.25. The molecule has 1 aliphatic heterocycles. The molecule has 1 fully saturated rings. The van der Waals surface area contributed by atoms with E-state index in [9.17, 15) is 14.4 Å². The third kappa shape index (κ3) is 8.33. The van der Waals surface area contributed by atoms with Gasteiger partial charge in [0, 0.05) is 12.8 Å². The SMILES string of the molecule is CCCCCCCCCCCCCC(=O)N1C(=O)CC[C@H]1C(=O)OCC. The van der Waals surface area contributed by atoms with E-state index in [4.69, 9.17) is 4.74 Å². The van der Waals surface area contributed by atoms with Gasteiger partial charge < -0.3 is 4.74 Å². The van der Waals surface area contributed by atoms with Crippen molar-refractivity contribution in [2.75, 3.05) is 6.61 Å². The number of hydrogen-bond acceptors (Lipinski definition) is 4. The van der Waals surface area contributed by atoms with Crippen molar-refractivity contribution >= 4 is 17.8 Å². The Labute approximate surface area is 158 Å². The lowest BCUT2D eigenvalue weighted by Crippen LogP contribution is -2.43. The molecule has 0 N–H and O–H groups in total. The Kier molecular flexibility index (Phi) is 12.0. The molecule has 5 nitrogen and oxygen atoms in total. The van der Waals surface area contributed by atoms with E-state index >= 15 is 0 Å². The molecular weight excluding hydrogens is 330 g/mol. The number of amides is 2. The van der Waals surface area contributed by atoms with Crippen molar-refractivity contribution in [2.45, 2.75) is 110 Å². The van der Waals surface area contributed by atoms with E-state index in [2.05, 4.69) is 6.92 Å². The maximum absolute atomic E-state index is 12.3. The van der Waals surface area contributed by atoms with Gasteiger partial charge in [-0.1, -0.05) is 71.1 Å². The van der Waals surface area contributed by atoms with Crippen LogP contribution >= 0.6 is 0 Å². The fourth-order valence-electron chi connectivity index (χ4n) is 3.52. The van der Waals surface area contributed by atoms with Crippen molar-refractivity contribution < 1.29 is 19.1 Å². The highest BCUT2D eigenvalue weighted by atomic mass is 16.5. The molecule has 0 unspecified atom stereocenters. The molecule has 0 aromatic rings. The third-order valence-electron chi connectivity index (χ3n) is 5.03. The van der Waals surface area contributed by atoms with Gasteiger partial charge in [0.2, 0.25) is 11.8 Å². The highest BCUT2D eigenvalue weighted by Gasteiger charge is 2.40. The van der Waals surface area contributed by atoms with Crippen LogP contribution in [-0.2, 0) is 19.1 Å². The summed E-state index contributed by atoms with van der Waals surface area (Å²) in [6.07, 6.45) is 14.4. The summed E-state index contributed by atoms with van der Waals surface area (Å²) in [6.45, 7) is 4.23. The van der Waals surface area contributed by atoms with E-state index in [0.29, 0.717) is 12.8 Å². The standard InChI is InChI=1S/C21H37NO4/c1-3-5-6-7-8-9-10-11-12-13-14-15-19(23)22-18(16-17-20(22)24)21(25)26-4-2/h18H,3-17H2,1-2H3/t18-/m0/s1. The zero-order chi connectivity index (χ0) is 19.2. The second kappa shape index (κ2) is 13.8. The Balaban J connectivity index is 2.12. The van der Waals surface area contributed by atoms with E-state index in [1.165, 1.54) is 51.4 Å². The quantitative estimate of drug-likeness (QED) is 0.328. The molecular formula is C21H37NO4. The van der Waals surface area contributed by atoms with Crippen LogP contribution in [0.25, 0.3) is 0 Å². The molecule has 1 saturated heterocycles. The van der Waals surface area contributed by atoms with Gasteiger partial charge in [0.15, 0.2) is 0 Å². The molecule has 1 heterocycles. The molecule has 1 rings (SSSR count). The van der Waals surface area contributed by atoms with Crippen molar-refractivity contribution in [3.8, 4) is 0 Å². The lowest BCUT2D eigenvalue weighted by atomic mass is 10.1. The van der Waals surface area contributed by atoms with Gasteiger partial charge in [0.25, 0.3) is 0 Å². The Bertz CT molecular complexity index is 436. The largest absolute Gasteiger partial charge is 0.464 e. The molecule has 150 valence electrons. The Morgan fingerprint density at radius 2 is 1.46 bits per heavy atom. The zero-order valence-electron chi connectivity index (χ0n) is 16.8. The predicted octanol–water partition coefficient (Wildman–Crippen LogP) is 4.77. The minimum Gasteiger partial charge on any atom is -0.464 e. The Morgan fingerprint density at radius 1 is 0.923 bits per heavy atom. The first-order valence-corrected chi connectivity index (χ1v) is 10.6.